The minimum absolute atomic E-state index is 0.182. The molecule has 3 aromatic rings. The van der Waals surface area contributed by atoms with Crippen molar-refractivity contribution in [2.24, 2.45) is 13.0 Å². The second-order valence-electron chi connectivity index (χ2n) is 8.93. The summed E-state index contributed by atoms with van der Waals surface area (Å²) in [7, 11) is -1.86. The van der Waals surface area contributed by atoms with Crippen LogP contribution < -0.4 is 9.62 Å². The van der Waals surface area contributed by atoms with Gasteiger partial charge in [-0.25, -0.2) is 18.1 Å². The third-order valence-electron chi connectivity index (χ3n) is 6.78. The molecule has 1 N–H and O–H groups in total. The molecule has 2 aliphatic heterocycles. The maximum absolute atomic E-state index is 12.9. The summed E-state index contributed by atoms with van der Waals surface area (Å²) in [6, 6.07) is 15.3. The number of piperidine rings is 2. The number of aryl methyl sites for hydroxylation is 1. The van der Waals surface area contributed by atoms with Gasteiger partial charge >= 0.3 is 0 Å². The van der Waals surface area contributed by atoms with E-state index >= 15 is 0 Å². The Bertz CT molecular complexity index is 1240. The summed E-state index contributed by atoms with van der Waals surface area (Å²) in [6.45, 7) is 1.23. The predicted octanol–water partition coefficient (Wildman–Crippen LogP) is 4.04. The Morgan fingerprint density at radius 3 is 2.52 bits per heavy atom. The number of rotatable bonds is 7. The number of aromatic nitrogens is 3. The van der Waals surface area contributed by atoms with Gasteiger partial charge in [0.1, 0.15) is 5.82 Å². The van der Waals surface area contributed by atoms with Crippen molar-refractivity contribution < 1.29 is 8.42 Å². The quantitative estimate of drug-likeness (QED) is 0.546. The highest BCUT2D eigenvalue weighted by Gasteiger charge is 2.34. The van der Waals surface area contributed by atoms with Gasteiger partial charge in [0.2, 0.25) is 10.0 Å². The zero-order valence-electron chi connectivity index (χ0n) is 18.6. The van der Waals surface area contributed by atoms with Crippen molar-refractivity contribution in [2.45, 2.75) is 43.0 Å². The summed E-state index contributed by atoms with van der Waals surface area (Å²) in [6.07, 6.45) is 5.38. The van der Waals surface area contributed by atoms with E-state index in [9.17, 15) is 8.42 Å². The average Bonchev–Trinajstić information content (AvgIpc) is 3.20. The number of hydrogen-bond acceptors (Lipinski definition) is 5. The number of benzene rings is 2. The first kappa shape index (κ1) is 22.4. The summed E-state index contributed by atoms with van der Waals surface area (Å²) < 4.78 is 30.1. The average molecular weight is 486 g/mol. The van der Waals surface area contributed by atoms with Crippen molar-refractivity contribution in [1.29, 1.82) is 0 Å². The Labute approximate surface area is 199 Å². The van der Waals surface area contributed by atoms with Crippen LogP contribution in [0.25, 0.3) is 11.4 Å². The third kappa shape index (κ3) is 4.65. The first-order chi connectivity index (χ1) is 15.9. The molecule has 2 bridgehead atoms. The number of nitrogens with one attached hydrogen (secondary N) is 1. The standard InChI is InChI=1S/C24H28ClN5O2S/c1-29-23(27-24(28-29)18-5-3-2-4-6-18)13-14-26-33(31,32)20-11-12-22(21(25)15-20)30-16-17-7-9-19(30)10-8-17/h2-6,11-12,15,17,19,26H,7-10,13-14,16H2,1H3. The molecule has 1 aliphatic carbocycles. The van der Waals surface area contributed by atoms with Gasteiger partial charge < -0.3 is 4.90 Å². The minimum Gasteiger partial charge on any atom is -0.367 e. The molecule has 3 heterocycles. The van der Waals surface area contributed by atoms with Crippen molar-refractivity contribution in [2.75, 3.05) is 18.0 Å². The maximum Gasteiger partial charge on any atom is 0.240 e. The first-order valence-electron chi connectivity index (χ1n) is 11.4. The summed E-state index contributed by atoms with van der Waals surface area (Å²) >= 11 is 6.56. The highest BCUT2D eigenvalue weighted by Crippen LogP contribution is 2.40. The molecule has 3 fully saturated rings. The Morgan fingerprint density at radius 1 is 1.09 bits per heavy atom. The van der Waals surface area contributed by atoms with E-state index in [0.717, 1.165) is 23.7 Å². The fourth-order valence-corrected chi connectivity index (χ4v) is 6.39. The van der Waals surface area contributed by atoms with Crippen LogP contribution in [0.2, 0.25) is 5.02 Å². The van der Waals surface area contributed by atoms with E-state index in [1.54, 1.807) is 16.8 Å². The molecule has 3 aliphatic rings. The molecule has 0 unspecified atom stereocenters. The lowest BCUT2D eigenvalue weighted by molar-refractivity contribution is 0.252. The Hall–Kier alpha value is -2.42. The smallest absolute Gasteiger partial charge is 0.240 e. The van der Waals surface area contributed by atoms with Crippen LogP contribution in [0.3, 0.4) is 0 Å². The number of sulfonamides is 1. The van der Waals surface area contributed by atoms with Crippen LogP contribution >= 0.6 is 11.6 Å². The third-order valence-corrected chi connectivity index (χ3v) is 8.54. The second kappa shape index (κ2) is 9.08. The highest BCUT2D eigenvalue weighted by atomic mass is 35.5. The van der Waals surface area contributed by atoms with Crippen molar-refractivity contribution in [3.8, 4) is 11.4 Å². The van der Waals surface area contributed by atoms with Crippen LogP contribution in [0.4, 0.5) is 5.69 Å². The van der Waals surface area contributed by atoms with Crippen LogP contribution in [0.1, 0.15) is 31.5 Å². The Morgan fingerprint density at radius 2 is 1.85 bits per heavy atom. The monoisotopic (exact) mass is 485 g/mol. The molecule has 0 spiro atoms. The molecule has 1 saturated carbocycles. The van der Waals surface area contributed by atoms with Gasteiger partial charge in [-0.05, 0) is 49.8 Å². The number of hydrogen-bond donors (Lipinski definition) is 1. The SMILES string of the molecule is Cn1nc(-c2ccccc2)nc1CCNS(=O)(=O)c1ccc(N2CC3CCC2CC3)c(Cl)c1. The number of anilines is 1. The summed E-state index contributed by atoms with van der Waals surface area (Å²) in [5, 5.41) is 4.93. The zero-order chi connectivity index (χ0) is 23.0. The van der Waals surface area contributed by atoms with Crippen molar-refractivity contribution >= 4 is 27.3 Å². The van der Waals surface area contributed by atoms with E-state index in [1.165, 1.54) is 25.7 Å². The number of fused-ring (bicyclic) bond motifs is 3. The highest BCUT2D eigenvalue weighted by molar-refractivity contribution is 7.89. The molecule has 174 valence electrons. The normalized spacial score (nSPS) is 20.4. The first-order valence-corrected chi connectivity index (χ1v) is 13.3. The van der Waals surface area contributed by atoms with Crippen molar-refractivity contribution in [3.63, 3.8) is 0 Å². The van der Waals surface area contributed by atoms with Crippen LogP contribution in [-0.4, -0.2) is 42.3 Å². The molecule has 6 rings (SSSR count). The van der Waals surface area contributed by atoms with E-state index in [-0.39, 0.29) is 11.4 Å². The van der Waals surface area contributed by atoms with Gasteiger partial charge in [-0.1, -0.05) is 41.9 Å². The lowest BCUT2D eigenvalue weighted by Gasteiger charge is -2.47. The molecule has 7 nitrogen and oxygen atoms in total. The van der Waals surface area contributed by atoms with Gasteiger partial charge in [-0.3, -0.25) is 4.68 Å². The molecule has 2 aromatic carbocycles. The topological polar surface area (TPSA) is 80.1 Å². The van der Waals surface area contributed by atoms with Crippen molar-refractivity contribution in [1.82, 2.24) is 19.5 Å². The molecular formula is C24H28ClN5O2S. The largest absolute Gasteiger partial charge is 0.367 e. The molecule has 1 aromatic heterocycles. The van der Waals surface area contributed by atoms with E-state index in [1.807, 2.05) is 43.4 Å². The van der Waals surface area contributed by atoms with Gasteiger partial charge in [0.15, 0.2) is 5.82 Å². The van der Waals surface area contributed by atoms with E-state index < -0.39 is 10.0 Å². The summed E-state index contributed by atoms with van der Waals surface area (Å²) in [5.74, 6) is 2.06. The van der Waals surface area contributed by atoms with E-state index in [0.29, 0.717) is 29.1 Å². The fraction of sp³-hybridized carbons (Fsp3) is 0.417. The number of halogens is 1. The Balaban J connectivity index is 1.24. The van der Waals surface area contributed by atoms with Gasteiger partial charge in [0, 0.05) is 38.2 Å². The van der Waals surface area contributed by atoms with Gasteiger partial charge in [-0.2, -0.15) is 5.10 Å². The predicted molar refractivity (Wildman–Crippen MR) is 130 cm³/mol. The molecular weight excluding hydrogens is 458 g/mol. The molecule has 9 heteroatoms. The van der Waals surface area contributed by atoms with E-state index in [4.69, 9.17) is 11.6 Å². The van der Waals surface area contributed by atoms with Gasteiger partial charge in [0.25, 0.3) is 0 Å². The lowest BCUT2D eigenvalue weighted by atomic mass is 9.80. The molecule has 0 amide bonds. The van der Waals surface area contributed by atoms with Gasteiger partial charge in [0.05, 0.1) is 15.6 Å². The fourth-order valence-electron chi connectivity index (χ4n) is 4.97. The minimum atomic E-state index is -3.68. The molecule has 33 heavy (non-hydrogen) atoms. The van der Waals surface area contributed by atoms with Crippen LogP contribution in [0, 0.1) is 5.92 Å². The molecule has 2 saturated heterocycles. The molecule has 0 radical (unpaired) electrons. The van der Waals surface area contributed by atoms with Crippen LogP contribution in [-0.2, 0) is 23.5 Å². The zero-order valence-corrected chi connectivity index (χ0v) is 20.2. The van der Waals surface area contributed by atoms with Crippen molar-refractivity contribution in [3.05, 3.63) is 59.4 Å². The summed E-state index contributed by atoms with van der Waals surface area (Å²) in [4.78, 5) is 7.10. The second-order valence-corrected chi connectivity index (χ2v) is 11.1. The van der Waals surface area contributed by atoms with Gasteiger partial charge in [-0.15, -0.1) is 0 Å². The van der Waals surface area contributed by atoms with E-state index in [2.05, 4.69) is 19.7 Å². The maximum atomic E-state index is 12.9. The summed E-state index contributed by atoms with van der Waals surface area (Å²) in [5.41, 5.74) is 1.87. The molecule has 0 atom stereocenters. The number of nitrogens with zero attached hydrogens (tertiary/aromatic N) is 4. The Kier molecular flexibility index (Phi) is 6.16. The lowest BCUT2D eigenvalue weighted by Crippen LogP contribution is -2.48. The van der Waals surface area contributed by atoms with Crippen LogP contribution in [0.5, 0.6) is 0 Å². The van der Waals surface area contributed by atoms with Crippen LogP contribution in [0.15, 0.2) is 53.4 Å².